The number of nitrogens with one attached hydrogen (secondary N) is 1. The van der Waals surface area contributed by atoms with Gasteiger partial charge in [0.2, 0.25) is 0 Å². The third kappa shape index (κ3) is 4.89. The van der Waals surface area contributed by atoms with Crippen LogP contribution in [0.25, 0.3) is 0 Å². The minimum absolute atomic E-state index is 0.204. The predicted molar refractivity (Wildman–Crippen MR) is 125 cm³/mol. The Kier molecular flexibility index (Phi) is 5.95. The second-order valence-corrected chi connectivity index (χ2v) is 8.46. The number of amidine groups is 1. The van der Waals surface area contributed by atoms with Crippen LogP contribution in [-0.4, -0.2) is 42.1 Å². The number of rotatable bonds is 4. The van der Waals surface area contributed by atoms with Crippen LogP contribution in [0.1, 0.15) is 28.2 Å². The first-order chi connectivity index (χ1) is 16.3. The Morgan fingerprint density at radius 1 is 1.03 bits per heavy atom. The smallest absolute Gasteiger partial charge is 0.378 e. The van der Waals surface area contributed by atoms with Crippen molar-refractivity contribution in [1.29, 1.82) is 0 Å². The first kappa shape index (κ1) is 22.3. The van der Waals surface area contributed by atoms with Gasteiger partial charge in [0.05, 0.1) is 30.9 Å². The largest absolute Gasteiger partial charge is 0.416 e. The summed E-state index contributed by atoms with van der Waals surface area (Å²) in [5.74, 6) is 1.95. The van der Waals surface area contributed by atoms with Crippen LogP contribution in [0.2, 0.25) is 0 Å². The Bertz CT molecular complexity index is 1240. The van der Waals surface area contributed by atoms with E-state index < -0.39 is 11.7 Å². The molecular formula is C25H24F3N5O. The highest BCUT2D eigenvalue weighted by atomic mass is 19.4. The summed E-state index contributed by atoms with van der Waals surface area (Å²) in [5, 5.41) is 3.37. The number of anilines is 2. The summed E-state index contributed by atoms with van der Waals surface area (Å²) in [6.45, 7) is 4.53. The van der Waals surface area contributed by atoms with Gasteiger partial charge in [-0.3, -0.25) is 0 Å². The second kappa shape index (κ2) is 9.06. The van der Waals surface area contributed by atoms with Gasteiger partial charge in [0, 0.05) is 25.2 Å². The Hall–Kier alpha value is -3.46. The second-order valence-electron chi connectivity index (χ2n) is 8.46. The van der Waals surface area contributed by atoms with Gasteiger partial charge in [-0.05, 0) is 36.2 Å². The molecule has 0 bridgehead atoms. The third-order valence-corrected chi connectivity index (χ3v) is 5.80. The number of hydrogen-bond donors (Lipinski definition) is 1. The third-order valence-electron chi connectivity index (χ3n) is 5.80. The number of aromatic nitrogens is 2. The van der Waals surface area contributed by atoms with Crippen molar-refractivity contribution in [2.24, 2.45) is 4.99 Å². The lowest BCUT2D eigenvalue weighted by Gasteiger charge is -2.29. The number of fused-ring (bicyclic) bond motifs is 1. The molecule has 1 aromatic heterocycles. The molecule has 2 aliphatic heterocycles. The molecular weight excluding hydrogens is 443 g/mol. The van der Waals surface area contributed by atoms with Crippen molar-refractivity contribution in [1.82, 2.24) is 9.97 Å². The number of ether oxygens (including phenoxy) is 1. The SMILES string of the molecule is Cc1cccc(NC2=Nc3c(nc(Cc4cccc(C(F)(F)F)c4)nc3N3CCOCC3)C2)c1. The summed E-state index contributed by atoms with van der Waals surface area (Å²) in [7, 11) is 0. The van der Waals surface area contributed by atoms with Crippen molar-refractivity contribution in [3.8, 4) is 0 Å². The van der Waals surface area contributed by atoms with E-state index in [9.17, 15) is 13.2 Å². The zero-order chi connectivity index (χ0) is 23.7. The number of nitrogens with zero attached hydrogens (tertiary/aromatic N) is 4. The van der Waals surface area contributed by atoms with E-state index in [-0.39, 0.29) is 6.42 Å². The average molecular weight is 467 g/mol. The number of alkyl halides is 3. The Morgan fingerprint density at radius 2 is 1.82 bits per heavy atom. The number of benzene rings is 2. The molecule has 6 nitrogen and oxygen atoms in total. The van der Waals surface area contributed by atoms with E-state index in [0.29, 0.717) is 55.6 Å². The molecule has 1 saturated heterocycles. The van der Waals surface area contributed by atoms with Crippen LogP contribution < -0.4 is 10.2 Å². The van der Waals surface area contributed by atoms with Gasteiger partial charge in [-0.15, -0.1) is 0 Å². The van der Waals surface area contributed by atoms with Crippen molar-refractivity contribution in [3.63, 3.8) is 0 Å². The van der Waals surface area contributed by atoms with Crippen LogP contribution in [0, 0.1) is 6.92 Å². The van der Waals surface area contributed by atoms with Crippen molar-refractivity contribution in [2.45, 2.75) is 25.9 Å². The molecule has 3 heterocycles. The molecule has 2 aliphatic rings. The standard InChI is InChI=1S/C25H24F3N5O/c1-16-4-2-7-19(12-16)29-22-15-20-23(31-22)24(33-8-10-34-11-9-33)32-21(30-20)14-17-5-3-6-18(13-17)25(26,27)28/h2-7,12-13H,8-11,14-15H2,1H3,(H,29,31). The maximum atomic E-state index is 13.2. The predicted octanol–water partition coefficient (Wildman–Crippen LogP) is 4.93. The molecule has 3 aromatic rings. The Balaban J connectivity index is 1.46. The first-order valence-corrected chi connectivity index (χ1v) is 11.1. The number of morpholine rings is 1. The highest BCUT2D eigenvalue weighted by Crippen LogP contribution is 2.36. The summed E-state index contributed by atoms with van der Waals surface area (Å²) in [6.07, 6.45) is -3.69. The molecule has 0 spiro atoms. The van der Waals surface area contributed by atoms with Crippen LogP contribution >= 0.6 is 0 Å². The van der Waals surface area contributed by atoms with Crippen molar-refractivity contribution in [3.05, 3.63) is 76.7 Å². The van der Waals surface area contributed by atoms with Crippen molar-refractivity contribution >= 4 is 23.0 Å². The quantitative estimate of drug-likeness (QED) is 0.590. The van der Waals surface area contributed by atoms with Gasteiger partial charge in [-0.2, -0.15) is 13.2 Å². The lowest BCUT2D eigenvalue weighted by atomic mass is 10.1. The molecule has 2 aromatic carbocycles. The van der Waals surface area contributed by atoms with E-state index in [4.69, 9.17) is 19.7 Å². The molecule has 0 aliphatic carbocycles. The molecule has 5 rings (SSSR count). The molecule has 1 N–H and O–H groups in total. The number of halogens is 3. The van der Waals surface area contributed by atoms with Gasteiger partial charge in [0.15, 0.2) is 5.82 Å². The normalized spacial score (nSPS) is 15.8. The maximum Gasteiger partial charge on any atom is 0.416 e. The molecule has 0 atom stereocenters. The molecule has 9 heteroatoms. The van der Waals surface area contributed by atoms with Crippen LogP contribution in [0.4, 0.5) is 30.4 Å². The minimum Gasteiger partial charge on any atom is -0.378 e. The van der Waals surface area contributed by atoms with Crippen LogP contribution in [0.3, 0.4) is 0 Å². The Morgan fingerprint density at radius 3 is 2.59 bits per heavy atom. The number of aryl methyl sites for hydroxylation is 1. The summed E-state index contributed by atoms with van der Waals surface area (Å²) >= 11 is 0. The number of aliphatic imine (C=N–C) groups is 1. The van der Waals surface area contributed by atoms with Crippen LogP contribution in [-0.2, 0) is 23.8 Å². The van der Waals surface area contributed by atoms with E-state index in [1.165, 1.54) is 6.07 Å². The minimum atomic E-state index is -4.39. The summed E-state index contributed by atoms with van der Waals surface area (Å²) in [5.41, 5.74) is 3.40. The zero-order valence-electron chi connectivity index (χ0n) is 18.7. The Labute approximate surface area is 195 Å². The molecule has 34 heavy (non-hydrogen) atoms. The molecule has 0 unspecified atom stereocenters. The molecule has 1 fully saturated rings. The molecule has 176 valence electrons. The topological polar surface area (TPSA) is 62.6 Å². The summed E-state index contributed by atoms with van der Waals surface area (Å²) in [6, 6.07) is 13.3. The van der Waals surface area contributed by atoms with Gasteiger partial charge in [-0.25, -0.2) is 15.0 Å². The van der Waals surface area contributed by atoms with E-state index >= 15 is 0 Å². The van der Waals surface area contributed by atoms with Crippen LogP contribution in [0.15, 0.2) is 53.5 Å². The molecule has 0 amide bonds. The van der Waals surface area contributed by atoms with Gasteiger partial charge in [0.1, 0.15) is 17.3 Å². The first-order valence-electron chi connectivity index (χ1n) is 11.1. The average Bonchev–Trinajstić information content (AvgIpc) is 3.21. The summed E-state index contributed by atoms with van der Waals surface area (Å²) in [4.78, 5) is 16.4. The zero-order valence-corrected chi connectivity index (χ0v) is 18.7. The lowest BCUT2D eigenvalue weighted by molar-refractivity contribution is -0.137. The highest BCUT2D eigenvalue weighted by Gasteiger charge is 2.31. The monoisotopic (exact) mass is 467 g/mol. The highest BCUT2D eigenvalue weighted by molar-refractivity contribution is 6.03. The van der Waals surface area contributed by atoms with Gasteiger partial charge < -0.3 is 15.0 Å². The van der Waals surface area contributed by atoms with Crippen LogP contribution in [0.5, 0.6) is 0 Å². The van der Waals surface area contributed by atoms with E-state index in [1.807, 2.05) is 31.2 Å². The van der Waals surface area contributed by atoms with Gasteiger partial charge in [0.25, 0.3) is 0 Å². The van der Waals surface area contributed by atoms with E-state index in [0.717, 1.165) is 34.9 Å². The molecule has 0 saturated carbocycles. The van der Waals surface area contributed by atoms with E-state index in [2.05, 4.69) is 10.2 Å². The van der Waals surface area contributed by atoms with Crippen molar-refractivity contribution in [2.75, 3.05) is 36.5 Å². The fraction of sp³-hybridized carbons (Fsp3) is 0.320. The van der Waals surface area contributed by atoms with Gasteiger partial charge in [-0.1, -0.05) is 30.3 Å². The van der Waals surface area contributed by atoms with Gasteiger partial charge >= 0.3 is 6.18 Å². The number of hydrogen-bond acceptors (Lipinski definition) is 6. The molecule has 0 radical (unpaired) electrons. The van der Waals surface area contributed by atoms with E-state index in [1.54, 1.807) is 6.07 Å². The fourth-order valence-electron chi connectivity index (χ4n) is 4.19. The van der Waals surface area contributed by atoms with Crippen molar-refractivity contribution < 1.29 is 17.9 Å². The summed E-state index contributed by atoms with van der Waals surface area (Å²) < 4.78 is 45.0. The maximum absolute atomic E-state index is 13.2. The lowest BCUT2D eigenvalue weighted by Crippen LogP contribution is -2.37. The fourth-order valence-corrected chi connectivity index (χ4v) is 4.19.